The van der Waals surface area contributed by atoms with Crippen molar-refractivity contribution in [1.82, 2.24) is 0 Å². The Balaban J connectivity index is 1.95. The minimum atomic E-state index is -4.44. The van der Waals surface area contributed by atoms with Gasteiger partial charge in [0, 0.05) is 0 Å². The van der Waals surface area contributed by atoms with Gasteiger partial charge in [0.1, 0.15) is 5.75 Å². The van der Waals surface area contributed by atoms with Gasteiger partial charge in [0.25, 0.3) is 10.1 Å². The van der Waals surface area contributed by atoms with Crippen molar-refractivity contribution >= 4 is 28.1 Å². The number of rotatable bonds is 6. The molecule has 0 spiro atoms. The first-order valence-electron chi connectivity index (χ1n) is 6.97. The second-order valence-corrected chi connectivity index (χ2v) is 6.25. The van der Waals surface area contributed by atoms with Gasteiger partial charge in [-0.2, -0.15) is 8.42 Å². The molecule has 130 valence electrons. The van der Waals surface area contributed by atoms with Gasteiger partial charge in [-0.25, -0.2) is 9.59 Å². The molecular weight excluding hydrogens is 348 g/mol. The predicted molar refractivity (Wildman–Crippen MR) is 88.7 cm³/mol. The van der Waals surface area contributed by atoms with Crippen LogP contribution in [0.15, 0.2) is 60.0 Å². The molecule has 0 aliphatic heterocycles. The SMILES string of the molecule is C=Cc1ccc(OC(=O)COC(=O)c2cccc(S(=O)(=O)O)c2)cc1. The molecule has 8 heteroatoms. The molecule has 0 heterocycles. The van der Waals surface area contributed by atoms with Crippen molar-refractivity contribution in [2.24, 2.45) is 0 Å². The summed E-state index contributed by atoms with van der Waals surface area (Å²) in [6.45, 7) is 2.95. The molecule has 7 nitrogen and oxygen atoms in total. The fourth-order valence-electron chi connectivity index (χ4n) is 1.82. The van der Waals surface area contributed by atoms with Gasteiger partial charge < -0.3 is 9.47 Å². The highest BCUT2D eigenvalue weighted by Crippen LogP contribution is 2.14. The lowest BCUT2D eigenvalue weighted by Gasteiger charge is -2.07. The highest BCUT2D eigenvalue weighted by Gasteiger charge is 2.15. The van der Waals surface area contributed by atoms with Crippen molar-refractivity contribution < 1.29 is 32.0 Å². The van der Waals surface area contributed by atoms with Crippen LogP contribution in [0, 0.1) is 0 Å². The summed E-state index contributed by atoms with van der Waals surface area (Å²) in [5, 5.41) is 0. The highest BCUT2D eigenvalue weighted by atomic mass is 32.2. The van der Waals surface area contributed by atoms with Crippen LogP contribution in [0.5, 0.6) is 5.75 Å². The van der Waals surface area contributed by atoms with E-state index in [1.54, 1.807) is 30.3 Å². The van der Waals surface area contributed by atoms with Crippen molar-refractivity contribution in [3.63, 3.8) is 0 Å². The molecule has 0 saturated carbocycles. The van der Waals surface area contributed by atoms with E-state index < -0.39 is 33.6 Å². The minimum Gasteiger partial charge on any atom is -0.450 e. The maximum atomic E-state index is 11.8. The molecule has 0 atom stereocenters. The zero-order valence-corrected chi connectivity index (χ0v) is 13.7. The Hall–Kier alpha value is -2.97. The number of esters is 2. The van der Waals surface area contributed by atoms with Crippen molar-refractivity contribution in [2.45, 2.75) is 4.90 Å². The van der Waals surface area contributed by atoms with Crippen LogP contribution in [0.25, 0.3) is 6.08 Å². The number of benzene rings is 2. The maximum absolute atomic E-state index is 11.8. The normalized spacial score (nSPS) is 10.8. The molecule has 0 aliphatic rings. The van der Waals surface area contributed by atoms with E-state index in [1.165, 1.54) is 12.1 Å². The molecule has 2 rings (SSSR count). The van der Waals surface area contributed by atoms with E-state index in [4.69, 9.17) is 14.0 Å². The molecule has 0 saturated heterocycles. The lowest BCUT2D eigenvalue weighted by atomic mass is 10.2. The molecule has 1 N–H and O–H groups in total. The van der Waals surface area contributed by atoms with Crippen LogP contribution in [0.1, 0.15) is 15.9 Å². The average Bonchev–Trinajstić information content (AvgIpc) is 2.59. The van der Waals surface area contributed by atoms with E-state index in [1.807, 2.05) is 0 Å². The van der Waals surface area contributed by atoms with Crippen LogP contribution >= 0.6 is 0 Å². The number of carbonyl (C=O) groups is 2. The van der Waals surface area contributed by atoms with Crippen LogP contribution in [-0.4, -0.2) is 31.5 Å². The Bertz CT molecular complexity index is 899. The second-order valence-electron chi connectivity index (χ2n) is 4.83. The first-order valence-corrected chi connectivity index (χ1v) is 8.41. The van der Waals surface area contributed by atoms with Crippen LogP contribution < -0.4 is 4.74 Å². The zero-order chi connectivity index (χ0) is 18.4. The van der Waals surface area contributed by atoms with E-state index in [9.17, 15) is 18.0 Å². The molecule has 0 unspecified atom stereocenters. The summed E-state index contributed by atoms with van der Waals surface area (Å²) in [7, 11) is -4.44. The highest BCUT2D eigenvalue weighted by molar-refractivity contribution is 7.85. The molecule has 0 radical (unpaired) electrons. The number of carbonyl (C=O) groups excluding carboxylic acids is 2. The van der Waals surface area contributed by atoms with Crippen LogP contribution in [-0.2, 0) is 19.6 Å². The van der Waals surface area contributed by atoms with Gasteiger partial charge in [-0.3, -0.25) is 4.55 Å². The van der Waals surface area contributed by atoms with E-state index in [0.717, 1.165) is 17.7 Å². The van der Waals surface area contributed by atoms with Gasteiger partial charge in [-0.05, 0) is 35.9 Å². The lowest BCUT2D eigenvalue weighted by Crippen LogP contribution is -2.19. The molecule has 0 aliphatic carbocycles. The third kappa shape index (κ3) is 5.27. The molecular formula is C17H14O7S. The molecule has 0 amide bonds. The Morgan fingerprint density at radius 1 is 1.12 bits per heavy atom. The first-order chi connectivity index (χ1) is 11.8. The van der Waals surface area contributed by atoms with Gasteiger partial charge in [-0.15, -0.1) is 0 Å². The Labute approximate surface area is 144 Å². The minimum absolute atomic E-state index is 0.127. The summed E-state index contributed by atoms with van der Waals surface area (Å²) < 4.78 is 40.8. The van der Waals surface area contributed by atoms with Crippen molar-refractivity contribution in [1.29, 1.82) is 0 Å². The Kier molecular flexibility index (Phi) is 5.68. The lowest BCUT2D eigenvalue weighted by molar-refractivity contribution is -0.137. The van der Waals surface area contributed by atoms with E-state index in [2.05, 4.69) is 6.58 Å². The summed E-state index contributed by atoms with van der Waals surface area (Å²) in [4.78, 5) is 23.1. The van der Waals surface area contributed by atoms with Gasteiger partial charge in [0.2, 0.25) is 0 Å². The van der Waals surface area contributed by atoms with Crippen LogP contribution in [0.4, 0.5) is 0 Å². The Morgan fingerprint density at radius 2 is 1.80 bits per heavy atom. The molecule has 2 aromatic carbocycles. The number of hydrogen-bond donors (Lipinski definition) is 1. The Morgan fingerprint density at radius 3 is 2.40 bits per heavy atom. The largest absolute Gasteiger partial charge is 0.450 e. The van der Waals surface area contributed by atoms with E-state index in [-0.39, 0.29) is 11.3 Å². The molecule has 0 aromatic heterocycles. The fraction of sp³-hybridized carbons (Fsp3) is 0.0588. The molecule has 25 heavy (non-hydrogen) atoms. The summed E-state index contributed by atoms with van der Waals surface area (Å²) in [5.41, 5.74) is 0.725. The maximum Gasteiger partial charge on any atom is 0.349 e. The van der Waals surface area contributed by atoms with Gasteiger partial charge in [0.05, 0.1) is 10.5 Å². The quantitative estimate of drug-likeness (QED) is 0.477. The average molecular weight is 362 g/mol. The fourth-order valence-corrected chi connectivity index (χ4v) is 2.35. The summed E-state index contributed by atoms with van der Waals surface area (Å²) >= 11 is 0. The van der Waals surface area contributed by atoms with Crippen molar-refractivity contribution in [3.8, 4) is 5.75 Å². The van der Waals surface area contributed by atoms with Crippen LogP contribution in [0.2, 0.25) is 0 Å². The topological polar surface area (TPSA) is 107 Å². The van der Waals surface area contributed by atoms with E-state index in [0.29, 0.717) is 0 Å². The predicted octanol–water partition coefficient (Wildman–Crippen LogP) is 2.34. The van der Waals surface area contributed by atoms with E-state index >= 15 is 0 Å². The first kappa shape index (κ1) is 18.4. The third-order valence-electron chi connectivity index (χ3n) is 3.04. The van der Waals surface area contributed by atoms with Gasteiger partial charge >= 0.3 is 11.9 Å². The van der Waals surface area contributed by atoms with Crippen molar-refractivity contribution in [2.75, 3.05) is 6.61 Å². The van der Waals surface area contributed by atoms with Gasteiger partial charge in [-0.1, -0.05) is 30.9 Å². The molecule has 0 fully saturated rings. The van der Waals surface area contributed by atoms with Crippen LogP contribution in [0.3, 0.4) is 0 Å². The third-order valence-corrected chi connectivity index (χ3v) is 3.89. The van der Waals surface area contributed by atoms with Gasteiger partial charge in [0.15, 0.2) is 6.61 Å². The molecule has 0 bridgehead atoms. The zero-order valence-electron chi connectivity index (χ0n) is 12.9. The summed E-state index contributed by atoms with van der Waals surface area (Å²) in [6, 6.07) is 11.1. The summed E-state index contributed by atoms with van der Waals surface area (Å²) in [5.74, 6) is -1.45. The number of hydrogen-bond acceptors (Lipinski definition) is 6. The standard InChI is InChI=1S/C17H14O7S/c1-2-12-6-8-14(9-7-12)24-16(18)11-23-17(19)13-4-3-5-15(10-13)25(20,21)22/h2-10H,1,11H2,(H,20,21,22). The second kappa shape index (κ2) is 7.73. The molecule has 2 aromatic rings. The smallest absolute Gasteiger partial charge is 0.349 e. The van der Waals surface area contributed by atoms with Crippen molar-refractivity contribution in [3.05, 3.63) is 66.2 Å². The number of ether oxygens (including phenoxy) is 2. The monoisotopic (exact) mass is 362 g/mol. The summed E-state index contributed by atoms with van der Waals surface area (Å²) in [6.07, 6.45) is 1.63.